The average Bonchev–Trinajstić information content (AvgIpc) is 2.28. The Balaban J connectivity index is 2.44. The van der Waals surface area contributed by atoms with Gasteiger partial charge in [0.2, 0.25) is 0 Å². The van der Waals surface area contributed by atoms with Crippen LogP contribution in [0.1, 0.15) is 13.8 Å². The number of nitrogens with zero attached hydrogens (tertiary/aromatic N) is 1. The van der Waals surface area contributed by atoms with E-state index in [-0.39, 0.29) is 0 Å². The van der Waals surface area contributed by atoms with Crippen molar-refractivity contribution in [2.75, 3.05) is 37.4 Å². The monoisotopic (exact) mass is 223 g/mol. The van der Waals surface area contributed by atoms with Gasteiger partial charge in [-0.05, 0) is 18.9 Å². The second kappa shape index (κ2) is 7.06. The standard InChI is InChI=1S/C12H21N3O/c1-4-14-11-5-12(8-13-7-11)15-6-10(2)9-16-3/h5,7-8,10,14-15H,4,6,9H2,1-3H3. The van der Waals surface area contributed by atoms with Crippen molar-refractivity contribution in [1.29, 1.82) is 0 Å². The third-order valence-electron chi connectivity index (χ3n) is 2.22. The largest absolute Gasteiger partial charge is 0.384 e. The Kier molecular flexibility index (Phi) is 5.64. The zero-order valence-electron chi connectivity index (χ0n) is 10.3. The van der Waals surface area contributed by atoms with E-state index in [0.717, 1.165) is 31.1 Å². The molecule has 0 fully saturated rings. The number of nitrogens with one attached hydrogen (secondary N) is 2. The van der Waals surface area contributed by atoms with Crippen molar-refractivity contribution in [2.45, 2.75) is 13.8 Å². The van der Waals surface area contributed by atoms with Crippen LogP contribution in [-0.4, -0.2) is 31.8 Å². The number of pyridine rings is 1. The zero-order chi connectivity index (χ0) is 11.8. The van der Waals surface area contributed by atoms with E-state index in [0.29, 0.717) is 5.92 Å². The molecule has 0 saturated heterocycles. The number of hydrogen-bond acceptors (Lipinski definition) is 4. The van der Waals surface area contributed by atoms with Gasteiger partial charge in [0.05, 0.1) is 30.4 Å². The molecule has 1 unspecified atom stereocenters. The average molecular weight is 223 g/mol. The summed E-state index contributed by atoms with van der Waals surface area (Å²) in [5.74, 6) is 0.493. The highest BCUT2D eigenvalue weighted by Crippen LogP contribution is 2.13. The normalized spacial score (nSPS) is 12.2. The van der Waals surface area contributed by atoms with Gasteiger partial charge in [0.1, 0.15) is 0 Å². The van der Waals surface area contributed by atoms with E-state index in [1.807, 2.05) is 12.4 Å². The number of hydrogen-bond donors (Lipinski definition) is 2. The van der Waals surface area contributed by atoms with Crippen molar-refractivity contribution >= 4 is 11.4 Å². The fraction of sp³-hybridized carbons (Fsp3) is 0.583. The molecule has 4 heteroatoms. The first-order valence-electron chi connectivity index (χ1n) is 5.68. The lowest BCUT2D eigenvalue weighted by molar-refractivity contribution is 0.164. The third kappa shape index (κ3) is 4.49. The summed E-state index contributed by atoms with van der Waals surface area (Å²) < 4.78 is 5.09. The first-order chi connectivity index (χ1) is 7.76. The Morgan fingerprint density at radius 2 is 2.00 bits per heavy atom. The van der Waals surface area contributed by atoms with Crippen LogP contribution in [0.25, 0.3) is 0 Å². The first kappa shape index (κ1) is 12.8. The van der Waals surface area contributed by atoms with Crippen LogP contribution in [0.15, 0.2) is 18.5 Å². The highest BCUT2D eigenvalue weighted by Gasteiger charge is 2.01. The number of methoxy groups -OCH3 is 1. The summed E-state index contributed by atoms with van der Waals surface area (Å²) in [6.07, 6.45) is 3.66. The summed E-state index contributed by atoms with van der Waals surface area (Å²) in [6.45, 7) is 6.79. The smallest absolute Gasteiger partial charge is 0.0547 e. The van der Waals surface area contributed by atoms with E-state index in [1.54, 1.807) is 7.11 Å². The maximum absolute atomic E-state index is 5.09. The lowest BCUT2D eigenvalue weighted by Gasteiger charge is -2.13. The summed E-state index contributed by atoms with van der Waals surface area (Å²) in [5, 5.41) is 6.58. The Morgan fingerprint density at radius 3 is 2.62 bits per heavy atom. The molecule has 0 spiro atoms. The van der Waals surface area contributed by atoms with Gasteiger partial charge in [0, 0.05) is 20.2 Å². The molecule has 4 nitrogen and oxygen atoms in total. The Bertz CT molecular complexity index is 304. The molecule has 1 heterocycles. The molecule has 1 aromatic rings. The van der Waals surface area contributed by atoms with Crippen LogP contribution in [0.4, 0.5) is 11.4 Å². The van der Waals surface area contributed by atoms with E-state index in [1.165, 1.54) is 0 Å². The lowest BCUT2D eigenvalue weighted by atomic mass is 10.2. The van der Waals surface area contributed by atoms with Gasteiger partial charge < -0.3 is 15.4 Å². The molecule has 2 N–H and O–H groups in total. The van der Waals surface area contributed by atoms with Gasteiger partial charge in [0.25, 0.3) is 0 Å². The quantitative estimate of drug-likeness (QED) is 0.744. The molecule has 16 heavy (non-hydrogen) atoms. The van der Waals surface area contributed by atoms with Crippen LogP contribution in [0.2, 0.25) is 0 Å². The van der Waals surface area contributed by atoms with E-state index in [4.69, 9.17) is 4.74 Å². The lowest BCUT2D eigenvalue weighted by Crippen LogP contribution is -2.15. The molecule has 0 bridgehead atoms. The molecule has 90 valence electrons. The highest BCUT2D eigenvalue weighted by atomic mass is 16.5. The van der Waals surface area contributed by atoms with Crippen LogP contribution in [0.3, 0.4) is 0 Å². The van der Waals surface area contributed by atoms with Crippen molar-refractivity contribution in [3.05, 3.63) is 18.5 Å². The van der Waals surface area contributed by atoms with Gasteiger partial charge in [-0.25, -0.2) is 0 Å². The molecule has 0 amide bonds. The van der Waals surface area contributed by atoms with E-state index in [9.17, 15) is 0 Å². The summed E-state index contributed by atoms with van der Waals surface area (Å²) in [4.78, 5) is 4.17. The number of rotatable bonds is 7. The van der Waals surface area contributed by atoms with Crippen molar-refractivity contribution in [1.82, 2.24) is 4.98 Å². The van der Waals surface area contributed by atoms with E-state index in [2.05, 4.69) is 35.5 Å². The van der Waals surface area contributed by atoms with Gasteiger partial charge in [0.15, 0.2) is 0 Å². The van der Waals surface area contributed by atoms with Gasteiger partial charge >= 0.3 is 0 Å². The molecule has 0 aliphatic carbocycles. The number of anilines is 2. The van der Waals surface area contributed by atoms with Crippen molar-refractivity contribution in [3.63, 3.8) is 0 Å². The van der Waals surface area contributed by atoms with Gasteiger partial charge in [-0.15, -0.1) is 0 Å². The van der Waals surface area contributed by atoms with Gasteiger partial charge in [-0.2, -0.15) is 0 Å². The summed E-state index contributed by atoms with van der Waals surface area (Å²) in [6, 6.07) is 2.07. The predicted molar refractivity (Wildman–Crippen MR) is 67.9 cm³/mol. The molecule has 0 aliphatic heterocycles. The van der Waals surface area contributed by atoms with Crippen LogP contribution in [0.5, 0.6) is 0 Å². The molecular weight excluding hydrogens is 202 g/mol. The molecule has 0 aromatic carbocycles. The minimum atomic E-state index is 0.493. The summed E-state index contributed by atoms with van der Waals surface area (Å²) in [5.41, 5.74) is 2.09. The van der Waals surface area contributed by atoms with Crippen molar-refractivity contribution < 1.29 is 4.74 Å². The Labute approximate surface area is 97.4 Å². The van der Waals surface area contributed by atoms with Gasteiger partial charge in [-0.1, -0.05) is 6.92 Å². The van der Waals surface area contributed by atoms with Crippen LogP contribution < -0.4 is 10.6 Å². The number of ether oxygens (including phenoxy) is 1. The zero-order valence-corrected chi connectivity index (χ0v) is 10.3. The maximum atomic E-state index is 5.09. The SMILES string of the molecule is CCNc1cncc(NCC(C)COC)c1. The van der Waals surface area contributed by atoms with Crippen LogP contribution in [0, 0.1) is 5.92 Å². The van der Waals surface area contributed by atoms with E-state index >= 15 is 0 Å². The van der Waals surface area contributed by atoms with Crippen molar-refractivity contribution in [2.24, 2.45) is 5.92 Å². The minimum Gasteiger partial charge on any atom is -0.384 e. The Morgan fingerprint density at radius 1 is 1.31 bits per heavy atom. The second-order valence-electron chi connectivity index (χ2n) is 3.93. The molecule has 1 atom stereocenters. The highest BCUT2D eigenvalue weighted by molar-refractivity contribution is 5.53. The summed E-state index contributed by atoms with van der Waals surface area (Å²) in [7, 11) is 1.73. The van der Waals surface area contributed by atoms with Gasteiger partial charge in [-0.3, -0.25) is 4.98 Å². The van der Waals surface area contributed by atoms with Crippen LogP contribution in [-0.2, 0) is 4.74 Å². The molecule has 1 aromatic heterocycles. The molecule has 1 rings (SSSR count). The minimum absolute atomic E-state index is 0.493. The topological polar surface area (TPSA) is 46.2 Å². The molecule has 0 saturated carbocycles. The number of aromatic nitrogens is 1. The fourth-order valence-electron chi connectivity index (χ4n) is 1.47. The van der Waals surface area contributed by atoms with Crippen LogP contribution >= 0.6 is 0 Å². The summed E-state index contributed by atoms with van der Waals surface area (Å²) >= 11 is 0. The maximum Gasteiger partial charge on any atom is 0.0547 e. The Hall–Kier alpha value is -1.29. The third-order valence-corrected chi connectivity index (χ3v) is 2.22. The molecular formula is C12H21N3O. The second-order valence-corrected chi connectivity index (χ2v) is 3.93. The predicted octanol–water partition coefficient (Wildman–Crippen LogP) is 2.21. The molecule has 0 radical (unpaired) electrons. The fourth-order valence-corrected chi connectivity index (χ4v) is 1.47. The van der Waals surface area contributed by atoms with Crippen molar-refractivity contribution in [3.8, 4) is 0 Å². The molecule has 0 aliphatic rings. The first-order valence-corrected chi connectivity index (χ1v) is 5.68. The van der Waals surface area contributed by atoms with E-state index < -0.39 is 0 Å².